The van der Waals surface area contributed by atoms with Crippen LogP contribution < -0.4 is 22.5 Å². The van der Waals surface area contributed by atoms with E-state index < -0.39 is 29.0 Å². The van der Waals surface area contributed by atoms with Crippen LogP contribution in [-0.4, -0.2) is 71.0 Å². The molecule has 1 aromatic rings. The summed E-state index contributed by atoms with van der Waals surface area (Å²) in [7, 11) is 1.26. The monoisotopic (exact) mass is 489 g/mol. The topological polar surface area (TPSA) is 108 Å². The minimum absolute atomic E-state index is 0. The number of nitrogens with zero attached hydrogens (tertiary/aromatic N) is 1. The largest absolute Gasteiger partial charge is 1.00 e. The zero-order valence-corrected chi connectivity index (χ0v) is 19.9. The summed E-state index contributed by atoms with van der Waals surface area (Å²) in [6.45, 7) is 1.88. The van der Waals surface area contributed by atoms with Crippen LogP contribution in [0.3, 0.4) is 0 Å². The van der Waals surface area contributed by atoms with E-state index in [4.69, 9.17) is 4.74 Å². The summed E-state index contributed by atoms with van der Waals surface area (Å²) in [5, 5.41) is 26.0. The van der Waals surface area contributed by atoms with Gasteiger partial charge in [0.15, 0.2) is 11.5 Å². The van der Waals surface area contributed by atoms with Crippen molar-refractivity contribution in [1.82, 2.24) is 10.2 Å². The molecule has 2 bridgehead atoms. The van der Waals surface area contributed by atoms with Gasteiger partial charge in [0.1, 0.15) is 6.10 Å². The smallest absolute Gasteiger partial charge is 0.330 e. The lowest BCUT2D eigenvalue weighted by molar-refractivity contribution is -0.192. The van der Waals surface area contributed by atoms with Crippen LogP contribution in [0.15, 0.2) is 24.3 Å². The standard InChI is InChI=1S/C25H30N2O6.ClH/c1-32-20(30)7-6-19(29)26-16-8-9-25(31)18-12-15-4-5-17(28)22-21(15)24(25,23(16)33-22)10-11-27(18)13-14-2-3-14;/h4-7,14,16,18,23,28,31H,2-3,8-13H2,1H3,(H,26,29);1H/p-1. The summed E-state index contributed by atoms with van der Waals surface area (Å²) in [5.41, 5.74) is 0.390. The molecule has 3 N–H and O–H groups in total. The van der Waals surface area contributed by atoms with E-state index in [1.807, 2.05) is 6.07 Å². The minimum Gasteiger partial charge on any atom is -1.00 e. The minimum atomic E-state index is -0.986. The van der Waals surface area contributed by atoms with Crippen LogP contribution >= 0.6 is 0 Å². The maximum atomic E-state index is 12.6. The fourth-order valence-corrected chi connectivity index (χ4v) is 7.07. The summed E-state index contributed by atoms with van der Waals surface area (Å²) in [6.07, 6.45) is 6.84. The second-order valence-corrected chi connectivity index (χ2v) is 10.3. The highest BCUT2D eigenvalue weighted by molar-refractivity contribution is 5.94. The van der Waals surface area contributed by atoms with Gasteiger partial charge in [0, 0.05) is 30.3 Å². The fraction of sp³-hybridized carbons (Fsp3) is 0.600. The van der Waals surface area contributed by atoms with E-state index in [9.17, 15) is 19.8 Å². The van der Waals surface area contributed by atoms with E-state index in [0.717, 1.165) is 48.7 Å². The van der Waals surface area contributed by atoms with Gasteiger partial charge in [-0.15, -0.1) is 0 Å². The number of likely N-dealkylation sites (tertiary alicyclic amines) is 1. The number of aromatic hydroxyl groups is 1. The zero-order valence-electron chi connectivity index (χ0n) is 19.1. The van der Waals surface area contributed by atoms with Gasteiger partial charge in [-0.05, 0) is 62.6 Å². The van der Waals surface area contributed by atoms with Crippen LogP contribution in [0.5, 0.6) is 11.5 Å². The first-order chi connectivity index (χ1) is 15.9. The normalized spacial score (nSPS) is 35.2. The number of piperidine rings is 1. The van der Waals surface area contributed by atoms with Crippen molar-refractivity contribution in [2.45, 2.75) is 67.7 Å². The highest BCUT2D eigenvalue weighted by Crippen LogP contribution is 2.65. The molecular weight excluding hydrogens is 460 g/mol. The number of carbonyl (C=O) groups excluding carboxylic acids is 2. The molecule has 8 nitrogen and oxygen atoms in total. The molecule has 2 aliphatic heterocycles. The van der Waals surface area contributed by atoms with Gasteiger partial charge in [0.2, 0.25) is 5.91 Å². The predicted molar refractivity (Wildman–Crippen MR) is 118 cm³/mol. The average Bonchev–Trinajstić information content (AvgIpc) is 3.54. The molecule has 0 aromatic heterocycles. The molecule has 34 heavy (non-hydrogen) atoms. The van der Waals surface area contributed by atoms with Crippen LogP contribution in [0.25, 0.3) is 0 Å². The van der Waals surface area contributed by atoms with E-state index in [2.05, 4.69) is 15.0 Å². The van der Waals surface area contributed by atoms with Gasteiger partial charge >= 0.3 is 5.97 Å². The highest BCUT2D eigenvalue weighted by atomic mass is 35.5. The van der Waals surface area contributed by atoms with Crippen LogP contribution in [0.1, 0.15) is 43.2 Å². The van der Waals surface area contributed by atoms with Crippen molar-refractivity contribution in [1.29, 1.82) is 0 Å². The molecule has 184 valence electrons. The summed E-state index contributed by atoms with van der Waals surface area (Å²) >= 11 is 0. The average molecular weight is 490 g/mol. The number of esters is 1. The molecule has 5 unspecified atom stereocenters. The number of phenolic OH excluding ortho intramolecular Hbond substituents is 1. The molecule has 2 heterocycles. The number of nitrogens with one attached hydrogen (secondary N) is 1. The first-order valence-electron chi connectivity index (χ1n) is 11.9. The van der Waals surface area contributed by atoms with Gasteiger partial charge in [-0.2, -0.15) is 0 Å². The van der Waals surface area contributed by atoms with E-state index in [-0.39, 0.29) is 30.2 Å². The Morgan fingerprint density at radius 1 is 1.26 bits per heavy atom. The van der Waals surface area contributed by atoms with Crippen LogP contribution in [0.4, 0.5) is 0 Å². The molecule has 1 amide bonds. The molecule has 1 saturated heterocycles. The third-order valence-corrected chi connectivity index (χ3v) is 8.66. The predicted octanol–water partition coefficient (Wildman–Crippen LogP) is -1.83. The van der Waals surface area contributed by atoms with Gasteiger partial charge in [0.25, 0.3) is 0 Å². The molecule has 5 atom stereocenters. The Bertz CT molecular complexity index is 1060. The van der Waals surface area contributed by atoms with Gasteiger partial charge in [-0.3, -0.25) is 9.69 Å². The number of amides is 1. The molecule has 1 spiro atoms. The van der Waals surface area contributed by atoms with Gasteiger partial charge in [-0.1, -0.05) is 6.07 Å². The van der Waals surface area contributed by atoms with Crippen molar-refractivity contribution < 1.29 is 41.7 Å². The summed E-state index contributed by atoms with van der Waals surface area (Å²) in [5.74, 6) is 0.256. The van der Waals surface area contributed by atoms with Gasteiger partial charge in [0.05, 0.1) is 24.2 Å². The number of hydrogen-bond donors (Lipinski definition) is 3. The van der Waals surface area contributed by atoms with Crippen LogP contribution in [0, 0.1) is 5.92 Å². The number of carbonyl (C=O) groups is 2. The van der Waals surface area contributed by atoms with E-state index in [1.54, 1.807) is 6.07 Å². The number of benzene rings is 1. The molecule has 3 fully saturated rings. The quantitative estimate of drug-likeness (QED) is 0.330. The Labute approximate surface area is 204 Å². The first-order valence-corrected chi connectivity index (χ1v) is 11.9. The molecule has 5 aliphatic rings. The maximum absolute atomic E-state index is 12.6. The Balaban J connectivity index is 0.00000241. The SMILES string of the molecule is COC(=O)C=CC(=O)NC1CCC2(O)C3Cc4ccc(O)c5c4C2(CCN3CC2CC2)C1O5.[Cl-]. The molecule has 9 heteroatoms. The number of methoxy groups -OCH3 is 1. The Hall–Kier alpha value is -2.29. The van der Waals surface area contributed by atoms with E-state index in [0.29, 0.717) is 25.0 Å². The molecular formula is C25H30ClN2O6-. The second-order valence-electron chi connectivity index (χ2n) is 10.3. The summed E-state index contributed by atoms with van der Waals surface area (Å²) in [4.78, 5) is 26.4. The number of rotatable bonds is 5. The Kier molecular flexibility index (Phi) is 5.61. The van der Waals surface area contributed by atoms with Crippen LogP contribution in [0.2, 0.25) is 0 Å². The number of aliphatic hydroxyl groups is 1. The van der Waals surface area contributed by atoms with Crippen molar-refractivity contribution >= 4 is 11.9 Å². The number of halogens is 1. The molecule has 6 rings (SSSR count). The molecule has 3 aliphatic carbocycles. The highest BCUT2D eigenvalue weighted by Gasteiger charge is 2.73. The Morgan fingerprint density at radius 3 is 2.79 bits per heavy atom. The molecule has 1 aromatic carbocycles. The number of phenols is 1. The summed E-state index contributed by atoms with van der Waals surface area (Å²) < 4.78 is 11.0. The lowest BCUT2D eigenvalue weighted by Crippen LogP contribution is -3.00. The van der Waals surface area contributed by atoms with Crippen molar-refractivity contribution in [2.75, 3.05) is 20.2 Å². The number of ether oxygens (including phenoxy) is 2. The first kappa shape index (κ1) is 23.5. The van der Waals surface area contributed by atoms with Crippen molar-refractivity contribution in [3.63, 3.8) is 0 Å². The van der Waals surface area contributed by atoms with Gasteiger partial charge < -0.3 is 37.4 Å². The number of hydrogen-bond acceptors (Lipinski definition) is 7. The van der Waals surface area contributed by atoms with E-state index in [1.165, 1.54) is 20.0 Å². The lowest BCUT2D eigenvalue weighted by atomic mass is 9.48. The third-order valence-electron chi connectivity index (χ3n) is 8.66. The van der Waals surface area contributed by atoms with Crippen molar-refractivity contribution in [2.24, 2.45) is 5.92 Å². The molecule has 2 saturated carbocycles. The lowest BCUT2D eigenvalue weighted by Gasteiger charge is -2.64. The Morgan fingerprint density at radius 2 is 2.06 bits per heavy atom. The van der Waals surface area contributed by atoms with Crippen molar-refractivity contribution in [3.8, 4) is 11.5 Å². The maximum Gasteiger partial charge on any atom is 0.330 e. The van der Waals surface area contributed by atoms with E-state index >= 15 is 0 Å². The molecule has 0 radical (unpaired) electrons. The zero-order chi connectivity index (χ0) is 23.0. The fourth-order valence-electron chi connectivity index (χ4n) is 7.07. The van der Waals surface area contributed by atoms with Crippen molar-refractivity contribution in [3.05, 3.63) is 35.4 Å². The summed E-state index contributed by atoms with van der Waals surface area (Å²) in [6, 6.07) is 3.29. The van der Waals surface area contributed by atoms with Gasteiger partial charge in [-0.25, -0.2) is 4.79 Å². The third kappa shape index (κ3) is 3.18. The second kappa shape index (κ2) is 8.14. The van der Waals surface area contributed by atoms with Crippen LogP contribution in [-0.2, 0) is 26.2 Å².